The number of aryl methyl sites for hydroxylation is 1. The van der Waals surface area contributed by atoms with E-state index in [4.69, 9.17) is 0 Å². The third kappa shape index (κ3) is 2.65. The summed E-state index contributed by atoms with van der Waals surface area (Å²) in [6.45, 7) is 1.93. The lowest BCUT2D eigenvalue weighted by molar-refractivity contribution is -0.117. The Labute approximate surface area is 140 Å². The van der Waals surface area contributed by atoms with E-state index in [2.05, 4.69) is 15.3 Å². The van der Waals surface area contributed by atoms with Crippen molar-refractivity contribution in [1.29, 1.82) is 0 Å². The molecular weight excluding hydrogens is 332 g/mol. The number of halogens is 2. The molecular formula is C17H13F2N3OS. The molecule has 1 aliphatic rings. The molecule has 7 heteroatoms. The Morgan fingerprint density at radius 3 is 2.92 bits per heavy atom. The van der Waals surface area contributed by atoms with Crippen LogP contribution in [0.3, 0.4) is 0 Å². The number of alkyl halides is 1. The van der Waals surface area contributed by atoms with E-state index in [9.17, 15) is 13.6 Å². The summed E-state index contributed by atoms with van der Waals surface area (Å²) < 4.78 is 28.0. The fourth-order valence-corrected chi connectivity index (χ4v) is 3.52. The number of anilines is 1. The molecule has 1 fully saturated rings. The molecule has 1 N–H and O–H groups in total. The summed E-state index contributed by atoms with van der Waals surface area (Å²) >= 11 is 1.17. The number of pyridine rings is 1. The van der Waals surface area contributed by atoms with Gasteiger partial charge in [-0.1, -0.05) is 11.3 Å². The second-order valence-electron chi connectivity index (χ2n) is 5.86. The van der Waals surface area contributed by atoms with Gasteiger partial charge in [-0.3, -0.25) is 9.78 Å². The standard InChI is InChI=1S/C17H13F2N3OS/c1-8-2-3-20-7-11(8)9-4-13(19)15-14(5-9)24-17(21-15)22-16(23)10-6-12(10)18/h2-5,7,10,12H,6H2,1H3,(H,21,22,23). The van der Waals surface area contributed by atoms with Crippen molar-refractivity contribution in [3.05, 3.63) is 42.0 Å². The monoisotopic (exact) mass is 345 g/mol. The number of carbonyl (C=O) groups excluding carboxylic acids is 1. The van der Waals surface area contributed by atoms with Crippen LogP contribution in [-0.4, -0.2) is 22.0 Å². The van der Waals surface area contributed by atoms with E-state index in [0.717, 1.165) is 11.1 Å². The van der Waals surface area contributed by atoms with E-state index < -0.39 is 23.8 Å². The first-order chi connectivity index (χ1) is 11.5. The highest BCUT2D eigenvalue weighted by molar-refractivity contribution is 7.22. The minimum atomic E-state index is -1.07. The lowest BCUT2D eigenvalue weighted by Crippen LogP contribution is -2.14. The molecule has 122 valence electrons. The van der Waals surface area contributed by atoms with E-state index >= 15 is 0 Å². The first kappa shape index (κ1) is 15.1. The van der Waals surface area contributed by atoms with E-state index in [0.29, 0.717) is 10.3 Å². The van der Waals surface area contributed by atoms with Gasteiger partial charge in [0, 0.05) is 18.0 Å². The normalized spacial score (nSPS) is 19.5. The molecule has 24 heavy (non-hydrogen) atoms. The van der Waals surface area contributed by atoms with Crippen LogP contribution < -0.4 is 5.32 Å². The van der Waals surface area contributed by atoms with Crippen LogP contribution in [0.15, 0.2) is 30.6 Å². The van der Waals surface area contributed by atoms with Crippen LogP contribution in [0.5, 0.6) is 0 Å². The predicted molar refractivity (Wildman–Crippen MR) is 89.2 cm³/mol. The number of carbonyl (C=O) groups is 1. The lowest BCUT2D eigenvalue weighted by Gasteiger charge is -2.05. The summed E-state index contributed by atoms with van der Waals surface area (Å²) in [4.78, 5) is 20.0. The largest absolute Gasteiger partial charge is 0.302 e. The van der Waals surface area contributed by atoms with Gasteiger partial charge in [0.25, 0.3) is 0 Å². The molecule has 4 rings (SSSR count). The van der Waals surface area contributed by atoms with Crippen molar-refractivity contribution in [3.63, 3.8) is 0 Å². The molecule has 4 nitrogen and oxygen atoms in total. The van der Waals surface area contributed by atoms with Gasteiger partial charge in [0.2, 0.25) is 5.91 Å². The Morgan fingerprint density at radius 1 is 1.42 bits per heavy atom. The topological polar surface area (TPSA) is 54.9 Å². The molecule has 0 saturated heterocycles. The quantitative estimate of drug-likeness (QED) is 0.777. The van der Waals surface area contributed by atoms with E-state index in [1.165, 1.54) is 17.4 Å². The number of benzene rings is 1. The van der Waals surface area contributed by atoms with Crippen molar-refractivity contribution in [3.8, 4) is 11.1 Å². The van der Waals surface area contributed by atoms with Crippen molar-refractivity contribution in [1.82, 2.24) is 9.97 Å². The zero-order chi connectivity index (χ0) is 16.8. The SMILES string of the molecule is Cc1ccncc1-c1cc(F)c2nc(NC(=O)C3CC3F)sc2c1. The fourth-order valence-electron chi connectivity index (χ4n) is 2.60. The summed E-state index contributed by atoms with van der Waals surface area (Å²) in [6, 6.07) is 5.10. The van der Waals surface area contributed by atoms with E-state index in [1.54, 1.807) is 12.4 Å². The van der Waals surface area contributed by atoms with Gasteiger partial charge in [-0.15, -0.1) is 0 Å². The van der Waals surface area contributed by atoms with E-state index in [1.807, 2.05) is 19.1 Å². The highest BCUT2D eigenvalue weighted by atomic mass is 32.1. The highest BCUT2D eigenvalue weighted by Crippen LogP contribution is 2.37. The maximum atomic E-state index is 14.4. The molecule has 2 aromatic heterocycles. The van der Waals surface area contributed by atoms with Crippen LogP contribution in [0.2, 0.25) is 0 Å². The molecule has 3 aromatic rings. The van der Waals surface area contributed by atoms with Gasteiger partial charge < -0.3 is 5.32 Å². The number of hydrogen-bond acceptors (Lipinski definition) is 4. The van der Waals surface area contributed by atoms with Crippen LogP contribution in [0.4, 0.5) is 13.9 Å². The average molecular weight is 345 g/mol. The number of rotatable bonds is 3. The second kappa shape index (κ2) is 5.59. The maximum Gasteiger partial charge on any atom is 0.232 e. The summed E-state index contributed by atoms with van der Waals surface area (Å²) in [6.07, 6.45) is 2.55. The fraction of sp³-hybridized carbons (Fsp3) is 0.235. The lowest BCUT2D eigenvalue weighted by atomic mass is 10.0. The summed E-state index contributed by atoms with van der Waals surface area (Å²) in [5.74, 6) is -1.46. The first-order valence-electron chi connectivity index (χ1n) is 7.49. The van der Waals surface area contributed by atoms with E-state index in [-0.39, 0.29) is 17.1 Å². The Hall–Kier alpha value is -2.41. The van der Waals surface area contributed by atoms with Crippen molar-refractivity contribution >= 4 is 32.6 Å². The smallest absolute Gasteiger partial charge is 0.232 e. The molecule has 2 unspecified atom stereocenters. The number of fused-ring (bicyclic) bond motifs is 1. The minimum Gasteiger partial charge on any atom is -0.302 e. The van der Waals surface area contributed by atoms with Crippen molar-refractivity contribution in [2.45, 2.75) is 19.5 Å². The molecule has 0 radical (unpaired) electrons. The highest BCUT2D eigenvalue weighted by Gasteiger charge is 2.43. The zero-order valence-corrected chi connectivity index (χ0v) is 13.5. The van der Waals surface area contributed by atoms with Crippen molar-refractivity contribution in [2.24, 2.45) is 5.92 Å². The van der Waals surface area contributed by atoms with Gasteiger partial charge in [-0.25, -0.2) is 13.8 Å². The van der Waals surface area contributed by atoms with Gasteiger partial charge in [0.15, 0.2) is 10.9 Å². The molecule has 2 heterocycles. The van der Waals surface area contributed by atoms with Gasteiger partial charge in [-0.2, -0.15) is 0 Å². The molecule has 1 aromatic carbocycles. The third-order valence-corrected chi connectivity index (χ3v) is 5.00. The number of hydrogen-bond donors (Lipinski definition) is 1. The van der Waals surface area contributed by atoms with Crippen LogP contribution in [0, 0.1) is 18.7 Å². The molecule has 1 amide bonds. The molecule has 0 spiro atoms. The Morgan fingerprint density at radius 2 is 2.21 bits per heavy atom. The Kier molecular flexibility index (Phi) is 3.53. The van der Waals surface area contributed by atoms with Gasteiger partial charge in [0.05, 0.1) is 10.6 Å². The molecule has 0 bridgehead atoms. The van der Waals surface area contributed by atoms with Crippen LogP contribution in [0.25, 0.3) is 21.3 Å². The molecule has 1 aliphatic carbocycles. The van der Waals surface area contributed by atoms with Gasteiger partial charge in [0.1, 0.15) is 11.7 Å². The number of nitrogens with one attached hydrogen (secondary N) is 1. The van der Waals surface area contributed by atoms with Crippen LogP contribution in [0.1, 0.15) is 12.0 Å². The van der Waals surface area contributed by atoms with Gasteiger partial charge in [-0.05, 0) is 42.7 Å². The summed E-state index contributed by atoms with van der Waals surface area (Å²) in [7, 11) is 0. The number of amides is 1. The number of thiazole rings is 1. The Bertz CT molecular complexity index is 956. The number of aromatic nitrogens is 2. The second-order valence-corrected chi connectivity index (χ2v) is 6.89. The summed E-state index contributed by atoms with van der Waals surface area (Å²) in [5, 5.41) is 2.86. The molecule has 2 atom stereocenters. The van der Waals surface area contributed by atoms with Crippen molar-refractivity contribution < 1.29 is 13.6 Å². The first-order valence-corrected chi connectivity index (χ1v) is 8.30. The van der Waals surface area contributed by atoms with Crippen LogP contribution >= 0.6 is 11.3 Å². The summed E-state index contributed by atoms with van der Waals surface area (Å²) in [5.41, 5.74) is 2.74. The average Bonchev–Trinajstić information content (AvgIpc) is 3.14. The Balaban J connectivity index is 1.70. The van der Waals surface area contributed by atoms with Crippen LogP contribution in [-0.2, 0) is 4.79 Å². The third-order valence-electron chi connectivity index (χ3n) is 4.08. The predicted octanol–water partition coefficient (Wildman–Crippen LogP) is 4.10. The van der Waals surface area contributed by atoms with Gasteiger partial charge >= 0.3 is 0 Å². The molecule has 0 aliphatic heterocycles. The van der Waals surface area contributed by atoms with Crippen molar-refractivity contribution in [2.75, 3.05) is 5.32 Å². The maximum absolute atomic E-state index is 14.4. The zero-order valence-electron chi connectivity index (χ0n) is 12.7. The number of nitrogens with zero attached hydrogens (tertiary/aromatic N) is 2. The molecule has 1 saturated carbocycles. The minimum absolute atomic E-state index is 0.202.